The van der Waals surface area contributed by atoms with Crippen molar-refractivity contribution in [3.63, 3.8) is 0 Å². The van der Waals surface area contributed by atoms with Gasteiger partial charge in [0.05, 0.1) is 5.92 Å². The summed E-state index contributed by atoms with van der Waals surface area (Å²) in [6.07, 6.45) is 1.02. The summed E-state index contributed by atoms with van der Waals surface area (Å²) in [6.45, 7) is 4.07. The zero-order chi connectivity index (χ0) is 9.42. The van der Waals surface area contributed by atoms with Crippen LogP contribution in [0.1, 0.15) is 30.9 Å². The number of carbonyl (C=O) groups excluding carboxylic acids is 1. The molecule has 1 heterocycles. The van der Waals surface area contributed by atoms with Gasteiger partial charge in [-0.1, -0.05) is 19.1 Å². The van der Waals surface area contributed by atoms with E-state index in [1.54, 1.807) is 0 Å². The Morgan fingerprint density at radius 3 is 2.92 bits per heavy atom. The molecule has 68 valence electrons. The van der Waals surface area contributed by atoms with Gasteiger partial charge in [0.25, 0.3) is 0 Å². The van der Waals surface area contributed by atoms with Crippen LogP contribution in [-0.2, 0) is 11.2 Å². The fourth-order valence-electron chi connectivity index (χ4n) is 1.69. The third-order valence-corrected chi connectivity index (χ3v) is 2.64. The highest BCUT2D eigenvalue weighted by atomic mass is 16.2. The van der Waals surface area contributed by atoms with Gasteiger partial charge < -0.3 is 5.32 Å². The molecule has 0 spiro atoms. The van der Waals surface area contributed by atoms with E-state index in [4.69, 9.17) is 0 Å². The minimum atomic E-state index is 0.0153. The smallest absolute Gasteiger partial charge is 0.231 e. The fraction of sp³-hybridized carbons (Fsp3) is 0.364. The Labute approximate surface area is 78.0 Å². The molecular weight excluding hydrogens is 162 g/mol. The summed E-state index contributed by atoms with van der Waals surface area (Å²) in [6, 6.07) is 6.19. The summed E-state index contributed by atoms with van der Waals surface area (Å²) >= 11 is 0. The lowest BCUT2D eigenvalue weighted by molar-refractivity contribution is -0.116. The van der Waals surface area contributed by atoms with E-state index in [0.29, 0.717) is 0 Å². The van der Waals surface area contributed by atoms with E-state index in [1.165, 1.54) is 5.56 Å². The predicted molar refractivity (Wildman–Crippen MR) is 52.9 cm³/mol. The first-order valence-corrected chi connectivity index (χ1v) is 4.66. The standard InChI is InChI=1S/C11H13NO/c1-3-8-4-5-10-9(6-8)7(2)11(13)12-10/h4-7H,3H2,1-2H3,(H,12,13). The molecule has 0 aromatic heterocycles. The van der Waals surface area contributed by atoms with Crippen LogP contribution in [0, 0.1) is 0 Å². The van der Waals surface area contributed by atoms with Crippen LogP contribution in [-0.4, -0.2) is 5.91 Å². The van der Waals surface area contributed by atoms with Crippen molar-refractivity contribution in [2.24, 2.45) is 0 Å². The van der Waals surface area contributed by atoms with Crippen molar-refractivity contribution >= 4 is 11.6 Å². The number of rotatable bonds is 1. The highest BCUT2D eigenvalue weighted by molar-refractivity contribution is 6.02. The highest BCUT2D eigenvalue weighted by Crippen LogP contribution is 2.32. The number of anilines is 1. The first-order valence-electron chi connectivity index (χ1n) is 4.66. The molecular formula is C11H13NO. The molecule has 1 amide bonds. The van der Waals surface area contributed by atoms with Gasteiger partial charge in [0.1, 0.15) is 0 Å². The van der Waals surface area contributed by atoms with Gasteiger partial charge in [-0.15, -0.1) is 0 Å². The zero-order valence-electron chi connectivity index (χ0n) is 7.92. The van der Waals surface area contributed by atoms with Crippen molar-refractivity contribution in [2.45, 2.75) is 26.2 Å². The molecule has 0 saturated carbocycles. The largest absolute Gasteiger partial charge is 0.325 e. The monoisotopic (exact) mass is 175 g/mol. The summed E-state index contributed by atoms with van der Waals surface area (Å²) in [5.41, 5.74) is 3.42. The average Bonchev–Trinajstić information content (AvgIpc) is 2.43. The Morgan fingerprint density at radius 2 is 2.23 bits per heavy atom. The Balaban J connectivity index is 2.47. The number of aryl methyl sites for hydroxylation is 1. The van der Waals surface area contributed by atoms with E-state index in [1.807, 2.05) is 13.0 Å². The number of nitrogens with one attached hydrogen (secondary N) is 1. The molecule has 1 N–H and O–H groups in total. The first-order chi connectivity index (χ1) is 6.22. The maximum Gasteiger partial charge on any atom is 0.231 e. The van der Waals surface area contributed by atoms with Crippen LogP contribution in [0.4, 0.5) is 5.69 Å². The number of hydrogen-bond donors (Lipinski definition) is 1. The third kappa shape index (κ3) is 1.22. The summed E-state index contributed by atoms with van der Waals surface area (Å²) in [5, 5.41) is 2.86. The van der Waals surface area contributed by atoms with Crippen molar-refractivity contribution in [3.8, 4) is 0 Å². The normalized spacial score (nSPS) is 19.8. The van der Waals surface area contributed by atoms with E-state index in [0.717, 1.165) is 17.7 Å². The van der Waals surface area contributed by atoms with Crippen molar-refractivity contribution in [2.75, 3.05) is 5.32 Å². The lowest BCUT2D eigenvalue weighted by atomic mass is 10.00. The molecule has 0 fully saturated rings. The molecule has 1 aliphatic heterocycles. The van der Waals surface area contributed by atoms with E-state index < -0.39 is 0 Å². The topological polar surface area (TPSA) is 29.1 Å². The number of carbonyl (C=O) groups is 1. The Morgan fingerprint density at radius 1 is 1.46 bits per heavy atom. The van der Waals surface area contributed by atoms with Crippen LogP contribution in [0.25, 0.3) is 0 Å². The third-order valence-electron chi connectivity index (χ3n) is 2.64. The Bertz CT molecular complexity index is 357. The highest BCUT2D eigenvalue weighted by Gasteiger charge is 2.25. The average molecular weight is 175 g/mol. The van der Waals surface area contributed by atoms with Crippen LogP contribution >= 0.6 is 0 Å². The van der Waals surface area contributed by atoms with Crippen LogP contribution in [0.5, 0.6) is 0 Å². The van der Waals surface area contributed by atoms with Gasteiger partial charge >= 0.3 is 0 Å². The van der Waals surface area contributed by atoms with Gasteiger partial charge in [-0.3, -0.25) is 4.79 Å². The fourth-order valence-corrected chi connectivity index (χ4v) is 1.69. The molecule has 0 saturated heterocycles. The van der Waals surface area contributed by atoms with Gasteiger partial charge in [-0.2, -0.15) is 0 Å². The minimum Gasteiger partial charge on any atom is -0.325 e. The second-order valence-electron chi connectivity index (χ2n) is 3.49. The van der Waals surface area contributed by atoms with E-state index in [-0.39, 0.29) is 11.8 Å². The van der Waals surface area contributed by atoms with Crippen LogP contribution < -0.4 is 5.32 Å². The number of benzene rings is 1. The summed E-state index contributed by atoms with van der Waals surface area (Å²) < 4.78 is 0. The van der Waals surface area contributed by atoms with Gasteiger partial charge in [-0.25, -0.2) is 0 Å². The lowest BCUT2D eigenvalue weighted by Gasteiger charge is -2.03. The summed E-state index contributed by atoms with van der Waals surface area (Å²) in [7, 11) is 0. The molecule has 2 nitrogen and oxygen atoms in total. The molecule has 13 heavy (non-hydrogen) atoms. The van der Waals surface area contributed by atoms with Gasteiger partial charge in [0.15, 0.2) is 0 Å². The minimum absolute atomic E-state index is 0.0153. The van der Waals surface area contributed by atoms with Gasteiger partial charge in [0, 0.05) is 5.69 Å². The van der Waals surface area contributed by atoms with Gasteiger partial charge in [0.2, 0.25) is 5.91 Å². The van der Waals surface area contributed by atoms with Crippen LogP contribution in [0.15, 0.2) is 18.2 Å². The molecule has 1 aliphatic rings. The molecule has 1 aromatic carbocycles. The summed E-state index contributed by atoms with van der Waals surface area (Å²) in [5.74, 6) is 0.129. The molecule has 2 heteroatoms. The summed E-state index contributed by atoms with van der Waals surface area (Å²) in [4.78, 5) is 11.3. The Hall–Kier alpha value is -1.31. The van der Waals surface area contributed by atoms with E-state index in [9.17, 15) is 4.79 Å². The van der Waals surface area contributed by atoms with Gasteiger partial charge in [-0.05, 0) is 30.5 Å². The Kier molecular flexibility index (Phi) is 1.83. The SMILES string of the molecule is CCc1ccc2c(c1)C(C)C(=O)N2. The van der Waals surface area contributed by atoms with E-state index in [2.05, 4.69) is 24.4 Å². The van der Waals surface area contributed by atoms with Crippen molar-refractivity contribution in [1.82, 2.24) is 0 Å². The first kappa shape index (κ1) is 8.30. The zero-order valence-corrected chi connectivity index (χ0v) is 7.92. The van der Waals surface area contributed by atoms with Crippen LogP contribution in [0.3, 0.4) is 0 Å². The van der Waals surface area contributed by atoms with Crippen molar-refractivity contribution in [3.05, 3.63) is 29.3 Å². The maximum atomic E-state index is 11.3. The van der Waals surface area contributed by atoms with E-state index >= 15 is 0 Å². The molecule has 1 atom stereocenters. The molecule has 0 aliphatic carbocycles. The van der Waals surface area contributed by atoms with Crippen LogP contribution in [0.2, 0.25) is 0 Å². The molecule has 2 rings (SSSR count). The number of hydrogen-bond acceptors (Lipinski definition) is 1. The lowest BCUT2D eigenvalue weighted by Crippen LogP contribution is -2.08. The molecule has 0 radical (unpaired) electrons. The molecule has 1 aromatic rings. The predicted octanol–water partition coefficient (Wildman–Crippen LogP) is 2.30. The second kappa shape index (κ2) is 2.87. The second-order valence-corrected chi connectivity index (χ2v) is 3.49. The number of amides is 1. The van der Waals surface area contributed by atoms with Crippen molar-refractivity contribution < 1.29 is 4.79 Å². The molecule has 0 bridgehead atoms. The quantitative estimate of drug-likeness (QED) is 0.697. The molecule has 1 unspecified atom stereocenters. The van der Waals surface area contributed by atoms with Crippen molar-refractivity contribution in [1.29, 1.82) is 0 Å². The maximum absolute atomic E-state index is 11.3. The number of fused-ring (bicyclic) bond motifs is 1.